The van der Waals surface area contributed by atoms with E-state index >= 15 is 0 Å². The topological polar surface area (TPSA) is 66.5 Å². The van der Waals surface area contributed by atoms with Gasteiger partial charge in [0.05, 0.1) is 5.69 Å². The lowest BCUT2D eigenvalue weighted by molar-refractivity contribution is -0.116. The van der Waals surface area contributed by atoms with E-state index in [4.69, 9.17) is 0 Å². The number of fused-ring (bicyclic) bond motifs is 1. The number of hydrogen-bond donors (Lipinski definition) is 1. The number of sulfonamides is 1. The number of hydrogen-bond acceptors (Lipinski definition) is 3. The summed E-state index contributed by atoms with van der Waals surface area (Å²) >= 11 is 3.40. The molecule has 0 fully saturated rings. The number of amides is 1. The van der Waals surface area contributed by atoms with Gasteiger partial charge in [-0.3, -0.25) is 9.52 Å². The van der Waals surface area contributed by atoms with Crippen molar-refractivity contribution in [1.82, 2.24) is 0 Å². The summed E-state index contributed by atoms with van der Waals surface area (Å²) in [5, 5.41) is 0. The van der Waals surface area contributed by atoms with E-state index in [1.54, 1.807) is 23.1 Å². The van der Waals surface area contributed by atoms with Crippen molar-refractivity contribution in [2.45, 2.75) is 45.1 Å². The normalized spacial score (nSPS) is 16.5. The molecule has 1 amide bonds. The third-order valence-electron chi connectivity index (χ3n) is 4.70. The molecule has 0 radical (unpaired) electrons. The number of nitrogens with zero attached hydrogens (tertiary/aromatic N) is 1. The molecule has 138 valence electrons. The van der Waals surface area contributed by atoms with Gasteiger partial charge in [-0.05, 0) is 68.1 Å². The van der Waals surface area contributed by atoms with Crippen LogP contribution in [0, 0.1) is 13.8 Å². The quantitative estimate of drug-likeness (QED) is 0.784. The van der Waals surface area contributed by atoms with Gasteiger partial charge in [-0.15, -0.1) is 0 Å². The lowest BCUT2D eigenvalue weighted by Crippen LogP contribution is -2.34. The van der Waals surface area contributed by atoms with E-state index in [9.17, 15) is 13.2 Å². The van der Waals surface area contributed by atoms with Crippen LogP contribution in [-0.4, -0.2) is 20.4 Å². The van der Waals surface area contributed by atoms with E-state index in [0.29, 0.717) is 22.3 Å². The highest BCUT2D eigenvalue weighted by molar-refractivity contribution is 9.10. The number of carbonyl (C=O) groups excluding carboxylic acids is 1. The number of carbonyl (C=O) groups is 1. The van der Waals surface area contributed by atoms with Crippen LogP contribution < -0.4 is 9.62 Å². The zero-order valence-electron chi connectivity index (χ0n) is 15.1. The Kier molecular flexibility index (Phi) is 4.88. The van der Waals surface area contributed by atoms with Gasteiger partial charge in [0.2, 0.25) is 5.91 Å². The van der Waals surface area contributed by atoms with Crippen LogP contribution in [0.1, 0.15) is 30.5 Å². The van der Waals surface area contributed by atoms with Crippen LogP contribution >= 0.6 is 15.9 Å². The first-order valence-electron chi connectivity index (χ1n) is 8.32. The lowest BCUT2D eigenvalue weighted by Gasteiger charge is -2.23. The molecular weight excluding hydrogens is 416 g/mol. The third-order valence-corrected chi connectivity index (χ3v) is 6.56. The Hall–Kier alpha value is -1.86. The monoisotopic (exact) mass is 436 g/mol. The van der Waals surface area contributed by atoms with Crippen molar-refractivity contribution >= 4 is 43.2 Å². The minimum atomic E-state index is -3.85. The van der Waals surface area contributed by atoms with E-state index in [0.717, 1.165) is 16.7 Å². The molecule has 2 aromatic rings. The summed E-state index contributed by atoms with van der Waals surface area (Å²) in [7, 11) is -3.85. The Bertz CT molecular complexity index is 1000. The molecule has 1 unspecified atom stereocenters. The fourth-order valence-corrected chi connectivity index (χ4v) is 5.35. The van der Waals surface area contributed by atoms with Crippen LogP contribution in [0.2, 0.25) is 0 Å². The van der Waals surface area contributed by atoms with Gasteiger partial charge in [-0.1, -0.05) is 22.0 Å². The number of halogens is 1. The molecule has 1 aliphatic heterocycles. The van der Waals surface area contributed by atoms with E-state index in [1.807, 2.05) is 32.9 Å². The van der Waals surface area contributed by atoms with E-state index in [1.165, 1.54) is 6.92 Å². The molecule has 1 heterocycles. The minimum Gasteiger partial charge on any atom is -0.308 e. The second-order valence-corrected chi connectivity index (χ2v) is 9.32. The summed E-state index contributed by atoms with van der Waals surface area (Å²) in [4.78, 5) is 13.8. The summed E-state index contributed by atoms with van der Waals surface area (Å²) in [6.45, 7) is 7.29. The van der Waals surface area contributed by atoms with Crippen LogP contribution in [0.15, 0.2) is 39.7 Å². The third kappa shape index (κ3) is 3.38. The highest BCUT2D eigenvalue weighted by Gasteiger charge is 2.35. The number of nitrogens with one attached hydrogen (secondary N) is 1. The zero-order valence-corrected chi connectivity index (χ0v) is 17.5. The fourth-order valence-electron chi connectivity index (χ4n) is 3.37. The van der Waals surface area contributed by atoms with Gasteiger partial charge in [-0.25, -0.2) is 8.42 Å². The second-order valence-electron chi connectivity index (χ2n) is 6.76. The van der Waals surface area contributed by atoms with Crippen molar-refractivity contribution < 1.29 is 13.2 Å². The molecular formula is C19H21BrN2O3S. The standard InChI is InChI=1S/C19H21BrN2O3S/c1-11-5-6-17(7-12(11)2)21-26(24,25)18-10-16(20)9-15-8-13(3)22(14(4)23)19(15)18/h5-7,9-10,13,21H,8H2,1-4H3. The Labute approximate surface area is 162 Å². The summed E-state index contributed by atoms with van der Waals surface area (Å²) in [5.41, 5.74) is 3.92. The van der Waals surface area contributed by atoms with Crippen LogP contribution in [-0.2, 0) is 21.2 Å². The molecule has 0 bridgehead atoms. The average molecular weight is 437 g/mol. The number of aryl methyl sites for hydroxylation is 2. The van der Waals surface area contributed by atoms with Crippen molar-refractivity contribution in [2.24, 2.45) is 0 Å². The Morgan fingerprint density at radius 2 is 1.88 bits per heavy atom. The lowest BCUT2D eigenvalue weighted by atomic mass is 10.1. The van der Waals surface area contributed by atoms with Crippen molar-refractivity contribution in [3.8, 4) is 0 Å². The maximum absolute atomic E-state index is 13.1. The van der Waals surface area contributed by atoms with Crippen molar-refractivity contribution in [3.63, 3.8) is 0 Å². The molecule has 26 heavy (non-hydrogen) atoms. The zero-order chi connectivity index (χ0) is 19.2. The molecule has 0 spiro atoms. The van der Waals surface area contributed by atoms with Gasteiger partial charge >= 0.3 is 0 Å². The summed E-state index contributed by atoms with van der Waals surface area (Å²) in [6.07, 6.45) is 0.626. The summed E-state index contributed by atoms with van der Waals surface area (Å²) in [6, 6.07) is 8.77. The molecule has 1 aliphatic rings. The fraction of sp³-hybridized carbons (Fsp3) is 0.316. The molecule has 1 N–H and O–H groups in total. The second kappa shape index (κ2) is 6.70. The SMILES string of the molecule is CC(=O)N1c2c(cc(Br)cc2S(=O)(=O)Nc2ccc(C)c(C)c2)CC1C. The van der Waals surface area contributed by atoms with Gasteiger partial charge in [0.1, 0.15) is 4.90 Å². The molecule has 7 heteroatoms. The van der Waals surface area contributed by atoms with Crippen LogP contribution in [0.3, 0.4) is 0 Å². The van der Waals surface area contributed by atoms with Gasteiger partial charge in [0, 0.05) is 23.1 Å². The van der Waals surface area contributed by atoms with Crippen LogP contribution in [0.4, 0.5) is 11.4 Å². The van der Waals surface area contributed by atoms with Crippen molar-refractivity contribution in [2.75, 3.05) is 9.62 Å². The van der Waals surface area contributed by atoms with Gasteiger partial charge in [0.15, 0.2) is 0 Å². The molecule has 1 atom stereocenters. The average Bonchev–Trinajstić information content (AvgIpc) is 2.85. The Morgan fingerprint density at radius 1 is 1.19 bits per heavy atom. The number of rotatable bonds is 3. The Morgan fingerprint density at radius 3 is 2.50 bits per heavy atom. The molecule has 0 aromatic heterocycles. The first-order chi connectivity index (χ1) is 12.1. The van der Waals surface area contributed by atoms with Crippen molar-refractivity contribution in [3.05, 3.63) is 51.5 Å². The first-order valence-corrected chi connectivity index (χ1v) is 10.6. The number of benzene rings is 2. The molecule has 0 saturated heterocycles. The van der Waals surface area contributed by atoms with E-state index in [-0.39, 0.29) is 16.8 Å². The predicted octanol–water partition coefficient (Wildman–Crippen LogP) is 4.16. The minimum absolute atomic E-state index is 0.0765. The molecule has 0 aliphatic carbocycles. The summed E-state index contributed by atoms with van der Waals surface area (Å²) < 4.78 is 29.6. The molecule has 5 nitrogen and oxygen atoms in total. The van der Waals surface area contributed by atoms with Gasteiger partial charge in [0.25, 0.3) is 10.0 Å². The maximum atomic E-state index is 13.1. The van der Waals surface area contributed by atoms with Crippen LogP contribution in [0.5, 0.6) is 0 Å². The molecule has 0 saturated carbocycles. The van der Waals surface area contributed by atoms with E-state index in [2.05, 4.69) is 20.7 Å². The van der Waals surface area contributed by atoms with Crippen LogP contribution in [0.25, 0.3) is 0 Å². The highest BCUT2D eigenvalue weighted by Crippen LogP contribution is 2.40. The molecule has 2 aromatic carbocycles. The maximum Gasteiger partial charge on any atom is 0.264 e. The first kappa shape index (κ1) is 18.9. The Balaban J connectivity index is 2.11. The smallest absolute Gasteiger partial charge is 0.264 e. The van der Waals surface area contributed by atoms with Gasteiger partial charge in [-0.2, -0.15) is 0 Å². The predicted molar refractivity (Wildman–Crippen MR) is 107 cm³/mol. The van der Waals surface area contributed by atoms with Gasteiger partial charge < -0.3 is 4.90 Å². The largest absolute Gasteiger partial charge is 0.308 e. The van der Waals surface area contributed by atoms with Crippen molar-refractivity contribution in [1.29, 1.82) is 0 Å². The number of anilines is 2. The van der Waals surface area contributed by atoms with E-state index < -0.39 is 10.0 Å². The summed E-state index contributed by atoms with van der Waals surface area (Å²) in [5.74, 6) is -0.166. The molecule has 3 rings (SSSR count). The highest BCUT2D eigenvalue weighted by atomic mass is 79.9.